The number of aliphatic hydroxyl groups is 1. The Morgan fingerprint density at radius 3 is 2.48 bits per heavy atom. The van der Waals surface area contributed by atoms with E-state index in [1.807, 2.05) is 42.5 Å². The molecule has 2 rings (SSSR count). The van der Waals surface area contributed by atoms with Gasteiger partial charge in [-0.15, -0.1) is 0 Å². The number of halogens is 1. The van der Waals surface area contributed by atoms with Gasteiger partial charge in [-0.2, -0.15) is 0 Å². The third kappa shape index (κ3) is 4.21. The molecule has 0 aliphatic rings. The van der Waals surface area contributed by atoms with Crippen LogP contribution in [0.2, 0.25) is 5.02 Å². The van der Waals surface area contributed by atoms with E-state index in [2.05, 4.69) is 19.2 Å². The van der Waals surface area contributed by atoms with Gasteiger partial charge in [0.1, 0.15) is 11.5 Å². The van der Waals surface area contributed by atoms with E-state index in [4.69, 9.17) is 21.4 Å². The Hall–Kier alpha value is -1.55. The first-order chi connectivity index (χ1) is 10.1. The lowest BCUT2D eigenvalue weighted by atomic mass is 10.1. The van der Waals surface area contributed by atoms with Gasteiger partial charge >= 0.3 is 0 Å². The van der Waals surface area contributed by atoms with Crippen LogP contribution in [0.25, 0.3) is 0 Å². The van der Waals surface area contributed by atoms with Gasteiger partial charge in [0.05, 0.1) is 11.6 Å². The molecule has 0 heterocycles. The summed E-state index contributed by atoms with van der Waals surface area (Å²) in [6, 6.07) is 13.4. The first kappa shape index (κ1) is 15.8. The van der Waals surface area contributed by atoms with Gasteiger partial charge in [0, 0.05) is 6.04 Å². The Morgan fingerprint density at radius 1 is 1.19 bits per heavy atom. The van der Waals surface area contributed by atoms with Crippen LogP contribution in [0.1, 0.15) is 31.0 Å². The van der Waals surface area contributed by atoms with Crippen molar-refractivity contribution in [3.05, 3.63) is 58.6 Å². The van der Waals surface area contributed by atoms with Crippen LogP contribution >= 0.6 is 11.6 Å². The Morgan fingerprint density at radius 2 is 1.90 bits per heavy atom. The van der Waals surface area contributed by atoms with Crippen molar-refractivity contribution in [3.63, 3.8) is 0 Å². The molecule has 1 atom stereocenters. The zero-order chi connectivity index (χ0) is 15.2. The summed E-state index contributed by atoms with van der Waals surface area (Å²) in [6.45, 7) is 5.11. The van der Waals surface area contributed by atoms with Crippen LogP contribution in [0.15, 0.2) is 42.5 Å². The topological polar surface area (TPSA) is 41.5 Å². The predicted octanol–water partition coefficient (Wildman–Crippen LogP) is 4.30. The lowest BCUT2D eigenvalue weighted by Gasteiger charge is -2.15. The molecule has 0 saturated heterocycles. The van der Waals surface area contributed by atoms with Crippen LogP contribution in [0.4, 0.5) is 0 Å². The van der Waals surface area contributed by atoms with E-state index in [1.54, 1.807) is 0 Å². The van der Waals surface area contributed by atoms with E-state index in [0.717, 1.165) is 17.7 Å². The summed E-state index contributed by atoms with van der Waals surface area (Å²) in [6.07, 6.45) is 0. The molecule has 2 aromatic rings. The fourth-order valence-corrected chi connectivity index (χ4v) is 2.31. The third-order valence-electron chi connectivity index (χ3n) is 3.30. The SMILES string of the molecule is CCNC(C)c1ccc(Oc2ccc(CO)cc2)c(Cl)c1. The van der Waals surface area contributed by atoms with Crippen LogP contribution in [-0.4, -0.2) is 11.7 Å². The van der Waals surface area contributed by atoms with Crippen molar-refractivity contribution in [2.24, 2.45) is 0 Å². The van der Waals surface area contributed by atoms with Crippen molar-refractivity contribution >= 4 is 11.6 Å². The number of rotatable bonds is 6. The van der Waals surface area contributed by atoms with Gasteiger partial charge < -0.3 is 15.2 Å². The second-order valence-corrected chi connectivity index (χ2v) is 5.28. The van der Waals surface area contributed by atoms with E-state index in [9.17, 15) is 0 Å². The Bertz CT molecular complexity index is 584. The van der Waals surface area contributed by atoms with Gasteiger partial charge in [-0.25, -0.2) is 0 Å². The molecule has 2 aromatic carbocycles. The third-order valence-corrected chi connectivity index (χ3v) is 3.60. The first-order valence-electron chi connectivity index (χ1n) is 7.04. The molecule has 0 aromatic heterocycles. The molecule has 21 heavy (non-hydrogen) atoms. The number of ether oxygens (including phenoxy) is 1. The summed E-state index contributed by atoms with van der Waals surface area (Å²) in [5, 5.41) is 13.0. The monoisotopic (exact) mass is 305 g/mol. The van der Waals surface area contributed by atoms with E-state index < -0.39 is 0 Å². The van der Waals surface area contributed by atoms with Gasteiger partial charge in [-0.1, -0.05) is 36.7 Å². The molecule has 0 bridgehead atoms. The molecule has 0 fully saturated rings. The number of nitrogens with one attached hydrogen (secondary N) is 1. The van der Waals surface area contributed by atoms with Gasteiger partial charge in [-0.3, -0.25) is 0 Å². The molecule has 0 spiro atoms. The van der Waals surface area contributed by atoms with Crippen molar-refractivity contribution in [1.82, 2.24) is 5.32 Å². The zero-order valence-electron chi connectivity index (χ0n) is 12.3. The lowest BCUT2D eigenvalue weighted by Crippen LogP contribution is -2.17. The molecule has 0 saturated carbocycles. The summed E-state index contributed by atoms with van der Waals surface area (Å²) in [4.78, 5) is 0. The van der Waals surface area contributed by atoms with Crippen molar-refractivity contribution in [1.29, 1.82) is 0 Å². The quantitative estimate of drug-likeness (QED) is 0.836. The summed E-state index contributed by atoms with van der Waals surface area (Å²) >= 11 is 6.29. The van der Waals surface area contributed by atoms with Gasteiger partial charge in [0.25, 0.3) is 0 Å². The molecule has 112 valence electrons. The molecule has 3 nitrogen and oxygen atoms in total. The minimum atomic E-state index is 0.0258. The number of hydrogen-bond acceptors (Lipinski definition) is 3. The van der Waals surface area contributed by atoms with Gasteiger partial charge in [0.2, 0.25) is 0 Å². The zero-order valence-corrected chi connectivity index (χ0v) is 13.0. The highest BCUT2D eigenvalue weighted by atomic mass is 35.5. The maximum absolute atomic E-state index is 9.02. The maximum Gasteiger partial charge on any atom is 0.146 e. The highest BCUT2D eigenvalue weighted by Crippen LogP contribution is 2.31. The number of hydrogen-bond donors (Lipinski definition) is 2. The molecule has 2 N–H and O–H groups in total. The second kappa shape index (κ2) is 7.46. The Labute approximate surface area is 130 Å². The van der Waals surface area contributed by atoms with Crippen LogP contribution in [0.3, 0.4) is 0 Å². The Balaban J connectivity index is 2.13. The molecular weight excluding hydrogens is 286 g/mol. The van der Waals surface area contributed by atoms with Crippen molar-refractivity contribution in [3.8, 4) is 11.5 Å². The minimum absolute atomic E-state index is 0.0258. The van der Waals surface area contributed by atoms with Crippen LogP contribution in [0, 0.1) is 0 Å². The van der Waals surface area contributed by atoms with E-state index in [1.165, 1.54) is 0 Å². The van der Waals surface area contributed by atoms with Crippen molar-refractivity contribution in [2.75, 3.05) is 6.54 Å². The molecule has 0 aliphatic carbocycles. The van der Waals surface area contributed by atoms with E-state index >= 15 is 0 Å². The molecule has 1 unspecified atom stereocenters. The molecule has 0 radical (unpaired) electrons. The average Bonchev–Trinajstić information content (AvgIpc) is 2.50. The highest BCUT2D eigenvalue weighted by Gasteiger charge is 2.09. The summed E-state index contributed by atoms with van der Waals surface area (Å²) in [5.74, 6) is 1.32. The molecule has 0 amide bonds. The molecule has 4 heteroatoms. The van der Waals surface area contributed by atoms with Crippen LogP contribution in [0.5, 0.6) is 11.5 Å². The normalized spacial score (nSPS) is 12.2. The van der Waals surface area contributed by atoms with Gasteiger partial charge in [0.15, 0.2) is 0 Å². The average molecular weight is 306 g/mol. The minimum Gasteiger partial charge on any atom is -0.456 e. The van der Waals surface area contributed by atoms with Crippen LogP contribution in [-0.2, 0) is 6.61 Å². The lowest BCUT2D eigenvalue weighted by molar-refractivity contribution is 0.281. The maximum atomic E-state index is 9.02. The first-order valence-corrected chi connectivity index (χ1v) is 7.42. The summed E-state index contributed by atoms with van der Waals surface area (Å²) in [5.41, 5.74) is 1.98. The molecule has 0 aliphatic heterocycles. The predicted molar refractivity (Wildman–Crippen MR) is 86.0 cm³/mol. The second-order valence-electron chi connectivity index (χ2n) is 4.87. The summed E-state index contributed by atoms with van der Waals surface area (Å²) in [7, 11) is 0. The fraction of sp³-hybridized carbons (Fsp3) is 0.294. The standard InChI is InChI=1S/C17H20ClNO2/c1-3-19-12(2)14-6-9-17(16(18)10-14)21-15-7-4-13(11-20)5-8-15/h4-10,12,19-20H,3,11H2,1-2H3. The largest absolute Gasteiger partial charge is 0.456 e. The smallest absolute Gasteiger partial charge is 0.146 e. The Kier molecular flexibility index (Phi) is 5.62. The molecular formula is C17H20ClNO2. The van der Waals surface area contributed by atoms with Crippen LogP contribution < -0.4 is 10.1 Å². The fourth-order valence-electron chi connectivity index (χ4n) is 2.08. The highest BCUT2D eigenvalue weighted by molar-refractivity contribution is 6.32. The van der Waals surface area contributed by atoms with Crippen molar-refractivity contribution in [2.45, 2.75) is 26.5 Å². The number of aliphatic hydroxyl groups excluding tert-OH is 1. The van der Waals surface area contributed by atoms with E-state index in [-0.39, 0.29) is 12.6 Å². The van der Waals surface area contributed by atoms with E-state index in [0.29, 0.717) is 16.5 Å². The van der Waals surface area contributed by atoms with Crippen molar-refractivity contribution < 1.29 is 9.84 Å². The number of benzene rings is 2. The van der Waals surface area contributed by atoms with Gasteiger partial charge in [-0.05, 0) is 48.9 Å². The summed E-state index contributed by atoms with van der Waals surface area (Å²) < 4.78 is 5.77.